The van der Waals surface area contributed by atoms with E-state index in [-0.39, 0.29) is 5.91 Å². The summed E-state index contributed by atoms with van der Waals surface area (Å²) in [5.41, 5.74) is 5.10. The van der Waals surface area contributed by atoms with Crippen molar-refractivity contribution in [3.8, 4) is 0 Å². The summed E-state index contributed by atoms with van der Waals surface area (Å²) in [5, 5.41) is 6.05. The summed E-state index contributed by atoms with van der Waals surface area (Å²) in [6.45, 7) is 14.2. The molecule has 0 aliphatic carbocycles. The lowest BCUT2D eigenvalue weighted by molar-refractivity contribution is -0.117. The topological polar surface area (TPSA) is 84.2 Å². The smallest absolute Gasteiger partial charge is 0.246 e. The van der Waals surface area contributed by atoms with Gasteiger partial charge in [0.25, 0.3) is 0 Å². The third-order valence-electron chi connectivity index (χ3n) is 1.78. The summed E-state index contributed by atoms with van der Waals surface area (Å²) in [7, 11) is 0. The Hall–Kier alpha value is -1.62. The van der Waals surface area contributed by atoms with Crippen LogP contribution in [0.1, 0.15) is 27.2 Å². The van der Waals surface area contributed by atoms with Crippen molar-refractivity contribution < 1.29 is 9.59 Å². The minimum atomic E-state index is -0.481. The molecule has 0 aliphatic rings. The Balaban J connectivity index is 0. The van der Waals surface area contributed by atoms with Gasteiger partial charge >= 0.3 is 0 Å². The maximum absolute atomic E-state index is 11.0. The van der Waals surface area contributed by atoms with Crippen LogP contribution in [0.2, 0.25) is 0 Å². The normalized spacial score (nSPS) is 9.11. The van der Waals surface area contributed by atoms with E-state index >= 15 is 0 Å². The highest BCUT2D eigenvalue weighted by molar-refractivity contribution is 5.92. The Morgan fingerprint density at radius 1 is 1.33 bits per heavy atom. The highest BCUT2D eigenvalue weighted by atomic mass is 16.1. The average Bonchev–Trinajstić information content (AvgIpc) is 2.28. The number of rotatable bonds is 7. The standard InChI is InChI=1S/C10H20N2O.C3H5NO/c1-8(2)10(13)12-7-5-6-11-9(3)4;1-2-3(4)5/h9,11H,1,5-7H2,2-4H3,(H,12,13);2H,1H2,(H2,4,5). The van der Waals surface area contributed by atoms with Crippen molar-refractivity contribution in [3.05, 3.63) is 24.8 Å². The van der Waals surface area contributed by atoms with E-state index in [0.29, 0.717) is 18.2 Å². The van der Waals surface area contributed by atoms with Crippen LogP contribution in [0, 0.1) is 0 Å². The van der Waals surface area contributed by atoms with E-state index in [1.165, 1.54) is 0 Å². The molecule has 4 N–H and O–H groups in total. The minimum absolute atomic E-state index is 0.0513. The third kappa shape index (κ3) is 16.8. The average molecular weight is 255 g/mol. The first-order valence-corrected chi connectivity index (χ1v) is 5.90. The molecule has 0 atom stereocenters. The van der Waals surface area contributed by atoms with E-state index in [2.05, 4.69) is 43.4 Å². The summed E-state index contributed by atoms with van der Waals surface area (Å²) >= 11 is 0. The molecular weight excluding hydrogens is 230 g/mol. The van der Waals surface area contributed by atoms with E-state index < -0.39 is 5.91 Å². The second-order valence-electron chi connectivity index (χ2n) is 4.11. The molecule has 0 saturated heterocycles. The molecule has 0 bridgehead atoms. The Morgan fingerprint density at radius 3 is 2.17 bits per heavy atom. The summed E-state index contributed by atoms with van der Waals surface area (Å²) in [4.78, 5) is 20.5. The second kappa shape index (κ2) is 11.9. The van der Waals surface area contributed by atoms with Gasteiger partial charge in [-0.05, 0) is 26.0 Å². The van der Waals surface area contributed by atoms with Gasteiger partial charge in [-0.15, -0.1) is 0 Å². The predicted octanol–water partition coefficient (Wildman–Crippen LogP) is 0.725. The van der Waals surface area contributed by atoms with Crippen molar-refractivity contribution in [1.29, 1.82) is 0 Å². The van der Waals surface area contributed by atoms with Crippen LogP contribution in [0.15, 0.2) is 24.8 Å². The van der Waals surface area contributed by atoms with Gasteiger partial charge in [-0.1, -0.05) is 27.0 Å². The van der Waals surface area contributed by atoms with E-state index in [1.54, 1.807) is 6.92 Å². The van der Waals surface area contributed by atoms with Crippen molar-refractivity contribution in [2.75, 3.05) is 13.1 Å². The Morgan fingerprint density at radius 2 is 1.83 bits per heavy atom. The molecule has 5 nitrogen and oxygen atoms in total. The molecule has 0 saturated carbocycles. The molecule has 18 heavy (non-hydrogen) atoms. The molecule has 0 aromatic heterocycles. The number of carbonyl (C=O) groups excluding carboxylic acids is 2. The number of amides is 2. The molecule has 0 unspecified atom stereocenters. The first-order valence-electron chi connectivity index (χ1n) is 5.90. The van der Waals surface area contributed by atoms with E-state index in [9.17, 15) is 9.59 Å². The van der Waals surface area contributed by atoms with Gasteiger partial charge in [-0.3, -0.25) is 9.59 Å². The van der Waals surface area contributed by atoms with Crippen LogP contribution in [0.25, 0.3) is 0 Å². The van der Waals surface area contributed by atoms with Crippen LogP contribution in [0.4, 0.5) is 0 Å². The van der Waals surface area contributed by atoms with Crippen molar-refractivity contribution in [2.45, 2.75) is 33.2 Å². The number of carbonyl (C=O) groups is 2. The number of primary amides is 1. The van der Waals surface area contributed by atoms with Gasteiger partial charge < -0.3 is 16.4 Å². The number of nitrogens with two attached hydrogens (primary N) is 1. The Bertz CT molecular complexity index is 286. The molecule has 0 fully saturated rings. The molecular formula is C13H25N3O2. The van der Waals surface area contributed by atoms with Crippen LogP contribution < -0.4 is 16.4 Å². The van der Waals surface area contributed by atoms with Crippen molar-refractivity contribution in [1.82, 2.24) is 10.6 Å². The molecule has 0 aromatic carbocycles. The Labute approximate surface area is 110 Å². The lowest BCUT2D eigenvalue weighted by atomic mass is 10.3. The van der Waals surface area contributed by atoms with Crippen LogP contribution in [0.3, 0.4) is 0 Å². The quantitative estimate of drug-likeness (QED) is 0.463. The van der Waals surface area contributed by atoms with Gasteiger partial charge in [0.05, 0.1) is 0 Å². The number of nitrogens with one attached hydrogen (secondary N) is 2. The van der Waals surface area contributed by atoms with Gasteiger partial charge in [0.2, 0.25) is 11.8 Å². The van der Waals surface area contributed by atoms with Gasteiger partial charge in [-0.25, -0.2) is 0 Å². The molecule has 0 radical (unpaired) electrons. The molecule has 2 amide bonds. The Kier molecular flexibility index (Phi) is 12.3. The van der Waals surface area contributed by atoms with Crippen LogP contribution >= 0.6 is 0 Å². The van der Waals surface area contributed by atoms with E-state index in [4.69, 9.17) is 0 Å². The number of hydrogen-bond donors (Lipinski definition) is 3. The molecule has 5 heteroatoms. The van der Waals surface area contributed by atoms with Crippen LogP contribution in [0.5, 0.6) is 0 Å². The fourth-order valence-corrected chi connectivity index (χ4v) is 0.832. The van der Waals surface area contributed by atoms with Gasteiger partial charge in [0.1, 0.15) is 0 Å². The van der Waals surface area contributed by atoms with Crippen molar-refractivity contribution in [3.63, 3.8) is 0 Å². The van der Waals surface area contributed by atoms with Crippen LogP contribution in [-0.2, 0) is 9.59 Å². The molecule has 0 aliphatic heterocycles. The van der Waals surface area contributed by atoms with E-state index in [0.717, 1.165) is 19.0 Å². The molecule has 0 aromatic rings. The second-order valence-corrected chi connectivity index (χ2v) is 4.11. The summed E-state index contributed by atoms with van der Waals surface area (Å²) < 4.78 is 0. The summed E-state index contributed by atoms with van der Waals surface area (Å²) in [6.07, 6.45) is 2.01. The number of hydrogen-bond acceptors (Lipinski definition) is 3. The van der Waals surface area contributed by atoms with Gasteiger partial charge in [0.15, 0.2) is 0 Å². The monoisotopic (exact) mass is 255 g/mol. The van der Waals surface area contributed by atoms with Gasteiger partial charge in [0, 0.05) is 18.2 Å². The molecule has 104 valence electrons. The predicted molar refractivity (Wildman–Crippen MR) is 75.0 cm³/mol. The third-order valence-corrected chi connectivity index (χ3v) is 1.78. The van der Waals surface area contributed by atoms with E-state index in [1.807, 2.05) is 0 Å². The maximum Gasteiger partial charge on any atom is 0.246 e. The first-order chi connectivity index (χ1) is 8.31. The molecule has 0 heterocycles. The summed E-state index contributed by atoms with van der Waals surface area (Å²) in [5.74, 6) is -0.533. The first kappa shape index (κ1) is 18.7. The zero-order valence-electron chi connectivity index (χ0n) is 11.6. The fourth-order valence-electron chi connectivity index (χ4n) is 0.832. The zero-order valence-corrected chi connectivity index (χ0v) is 11.6. The lowest BCUT2D eigenvalue weighted by Gasteiger charge is -2.08. The maximum atomic E-state index is 11.0. The molecule has 0 spiro atoms. The fraction of sp³-hybridized carbons (Fsp3) is 0.538. The highest BCUT2D eigenvalue weighted by Crippen LogP contribution is 1.85. The van der Waals surface area contributed by atoms with Crippen LogP contribution in [-0.4, -0.2) is 30.9 Å². The van der Waals surface area contributed by atoms with Gasteiger partial charge in [-0.2, -0.15) is 0 Å². The SMILES string of the molecule is C=C(C)C(=O)NCCCNC(C)C.C=CC(N)=O. The van der Waals surface area contributed by atoms with Crippen molar-refractivity contribution >= 4 is 11.8 Å². The largest absolute Gasteiger partial charge is 0.366 e. The minimum Gasteiger partial charge on any atom is -0.366 e. The highest BCUT2D eigenvalue weighted by Gasteiger charge is 1.99. The summed E-state index contributed by atoms with van der Waals surface area (Å²) in [6, 6.07) is 0.511. The lowest BCUT2D eigenvalue weighted by Crippen LogP contribution is -2.29. The zero-order chi connectivity index (χ0) is 14.6. The van der Waals surface area contributed by atoms with Crippen molar-refractivity contribution in [2.24, 2.45) is 5.73 Å². The molecule has 0 rings (SSSR count).